The van der Waals surface area contributed by atoms with Gasteiger partial charge in [-0.3, -0.25) is 14.3 Å². The molecule has 1 heterocycles. The van der Waals surface area contributed by atoms with Crippen LogP contribution in [0.2, 0.25) is 0 Å². The fraction of sp³-hybridized carbons (Fsp3) is 0.462. The normalized spacial score (nSPS) is 31.6. The summed E-state index contributed by atoms with van der Waals surface area (Å²) in [5, 5.41) is 16.1. The minimum atomic E-state index is -0.891. The Hall–Kier alpha value is -2.11. The van der Waals surface area contributed by atoms with Crippen molar-refractivity contribution in [3.63, 3.8) is 0 Å². The number of allylic oxidation sites excluding steroid dienone is 2. The number of nitrogens with zero attached hydrogens (tertiary/aromatic N) is 2. The molecule has 1 aromatic rings. The van der Waals surface area contributed by atoms with Crippen molar-refractivity contribution in [1.29, 1.82) is 0 Å². The molecule has 6 heteroatoms. The van der Waals surface area contributed by atoms with Crippen LogP contribution < -0.4 is 5.32 Å². The Kier molecular flexibility index (Phi) is 2.66. The standard InChI is InChI=1S/C13H15N3O3/c1-16-5-4-9(15-16)14-12(17)10-7-2-3-8(6-7)11(10)13(18)19/h2-5,7-8,10-11H,6H2,1H3,(H,18,19)(H,14,15,17)/t7-,8+,10-,11+/m1/s1. The number of carbonyl (C=O) groups excluding carboxylic acids is 1. The monoisotopic (exact) mass is 261 g/mol. The van der Waals surface area contributed by atoms with E-state index in [-0.39, 0.29) is 17.7 Å². The van der Waals surface area contributed by atoms with Gasteiger partial charge in [-0.15, -0.1) is 0 Å². The number of anilines is 1. The minimum Gasteiger partial charge on any atom is -0.481 e. The molecular formula is C13H15N3O3. The fourth-order valence-corrected chi connectivity index (χ4v) is 3.21. The van der Waals surface area contributed by atoms with Crippen LogP contribution in [0.1, 0.15) is 6.42 Å². The van der Waals surface area contributed by atoms with Crippen LogP contribution in [-0.4, -0.2) is 26.8 Å². The lowest BCUT2D eigenvalue weighted by Crippen LogP contribution is -2.36. The van der Waals surface area contributed by atoms with Crippen LogP contribution in [0, 0.1) is 23.7 Å². The first-order chi connectivity index (χ1) is 9.06. The number of rotatable bonds is 3. The molecule has 2 aliphatic carbocycles. The van der Waals surface area contributed by atoms with Gasteiger partial charge in [-0.1, -0.05) is 12.2 Å². The van der Waals surface area contributed by atoms with Crippen molar-refractivity contribution >= 4 is 17.7 Å². The van der Waals surface area contributed by atoms with Gasteiger partial charge in [0.15, 0.2) is 5.82 Å². The van der Waals surface area contributed by atoms with Gasteiger partial charge in [0, 0.05) is 19.3 Å². The van der Waals surface area contributed by atoms with Crippen molar-refractivity contribution in [2.45, 2.75) is 6.42 Å². The van der Waals surface area contributed by atoms with E-state index in [1.165, 1.54) is 0 Å². The Morgan fingerprint density at radius 1 is 1.37 bits per heavy atom. The molecule has 4 atom stereocenters. The van der Waals surface area contributed by atoms with E-state index in [1.54, 1.807) is 24.0 Å². The molecular weight excluding hydrogens is 246 g/mol. The van der Waals surface area contributed by atoms with E-state index in [2.05, 4.69) is 10.4 Å². The average Bonchev–Trinajstić information content (AvgIpc) is 3.03. The van der Waals surface area contributed by atoms with Crippen LogP contribution >= 0.6 is 0 Å². The van der Waals surface area contributed by atoms with Crippen LogP contribution in [0.5, 0.6) is 0 Å². The molecule has 6 nitrogen and oxygen atoms in total. The Bertz CT molecular complexity index is 563. The summed E-state index contributed by atoms with van der Waals surface area (Å²) in [6.07, 6.45) is 6.38. The maximum atomic E-state index is 12.3. The number of aromatic nitrogens is 2. The summed E-state index contributed by atoms with van der Waals surface area (Å²) in [4.78, 5) is 23.6. The second-order valence-electron chi connectivity index (χ2n) is 5.20. The molecule has 3 rings (SSSR count). The number of fused-ring (bicyclic) bond motifs is 2. The Balaban J connectivity index is 1.79. The number of carboxylic acid groups (broad SMARTS) is 1. The zero-order chi connectivity index (χ0) is 13.6. The average molecular weight is 261 g/mol. The van der Waals surface area contributed by atoms with Crippen LogP contribution in [-0.2, 0) is 16.6 Å². The van der Waals surface area contributed by atoms with Gasteiger partial charge >= 0.3 is 5.97 Å². The van der Waals surface area contributed by atoms with Gasteiger partial charge in [-0.05, 0) is 18.3 Å². The lowest BCUT2D eigenvalue weighted by molar-refractivity contribution is -0.146. The van der Waals surface area contributed by atoms with E-state index in [9.17, 15) is 14.7 Å². The zero-order valence-corrected chi connectivity index (χ0v) is 10.5. The maximum Gasteiger partial charge on any atom is 0.307 e. The van der Waals surface area contributed by atoms with E-state index < -0.39 is 17.8 Å². The molecule has 1 saturated carbocycles. The Morgan fingerprint density at radius 2 is 2.05 bits per heavy atom. The maximum absolute atomic E-state index is 12.3. The summed E-state index contributed by atoms with van der Waals surface area (Å²) in [5.74, 6) is -1.76. The number of hydrogen-bond donors (Lipinski definition) is 2. The van der Waals surface area contributed by atoms with Gasteiger partial charge in [0.05, 0.1) is 11.8 Å². The Labute approximate surface area is 110 Å². The molecule has 100 valence electrons. The first-order valence-corrected chi connectivity index (χ1v) is 6.28. The summed E-state index contributed by atoms with van der Waals surface area (Å²) in [5.41, 5.74) is 0. The molecule has 19 heavy (non-hydrogen) atoms. The topological polar surface area (TPSA) is 84.2 Å². The second-order valence-corrected chi connectivity index (χ2v) is 5.20. The predicted molar refractivity (Wildman–Crippen MR) is 67.2 cm³/mol. The molecule has 1 amide bonds. The third-order valence-corrected chi connectivity index (χ3v) is 4.01. The molecule has 2 bridgehead atoms. The molecule has 2 N–H and O–H groups in total. The lowest BCUT2D eigenvalue weighted by atomic mass is 9.82. The summed E-state index contributed by atoms with van der Waals surface area (Å²) in [6, 6.07) is 1.69. The molecule has 2 aliphatic rings. The molecule has 1 aromatic heterocycles. The van der Waals surface area contributed by atoms with Crippen LogP contribution in [0.15, 0.2) is 24.4 Å². The number of aryl methyl sites for hydroxylation is 1. The molecule has 0 aromatic carbocycles. The lowest BCUT2D eigenvalue weighted by Gasteiger charge is -2.23. The molecule has 0 aliphatic heterocycles. The van der Waals surface area contributed by atoms with Crippen LogP contribution in [0.4, 0.5) is 5.82 Å². The quantitative estimate of drug-likeness (QED) is 0.791. The van der Waals surface area contributed by atoms with E-state index in [0.29, 0.717) is 5.82 Å². The first-order valence-electron chi connectivity index (χ1n) is 6.28. The number of aliphatic carboxylic acids is 1. The number of hydrogen-bond acceptors (Lipinski definition) is 3. The highest BCUT2D eigenvalue weighted by Gasteiger charge is 2.51. The third kappa shape index (κ3) is 1.93. The van der Waals surface area contributed by atoms with Gasteiger partial charge in [0.2, 0.25) is 5.91 Å². The van der Waals surface area contributed by atoms with Crippen molar-refractivity contribution in [2.75, 3.05) is 5.32 Å². The number of nitrogens with one attached hydrogen (secondary N) is 1. The largest absolute Gasteiger partial charge is 0.481 e. The first kappa shape index (κ1) is 12.0. The van der Waals surface area contributed by atoms with Gasteiger partial charge in [-0.25, -0.2) is 0 Å². The molecule has 0 spiro atoms. The minimum absolute atomic E-state index is 0.0121. The highest BCUT2D eigenvalue weighted by atomic mass is 16.4. The van der Waals surface area contributed by atoms with Crippen LogP contribution in [0.3, 0.4) is 0 Å². The van der Waals surface area contributed by atoms with Gasteiger partial charge < -0.3 is 10.4 Å². The van der Waals surface area contributed by atoms with Crippen molar-refractivity contribution in [3.05, 3.63) is 24.4 Å². The number of carboxylic acids is 1. The number of amides is 1. The molecule has 0 radical (unpaired) electrons. The Morgan fingerprint density at radius 3 is 2.63 bits per heavy atom. The summed E-state index contributed by atoms with van der Waals surface area (Å²) in [7, 11) is 1.76. The molecule has 0 unspecified atom stereocenters. The van der Waals surface area contributed by atoms with Gasteiger partial charge in [-0.2, -0.15) is 5.10 Å². The summed E-state index contributed by atoms with van der Waals surface area (Å²) < 4.78 is 1.59. The SMILES string of the molecule is Cn1ccc(NC(=O)[C@H]2[C@@H](C(=O)O)[C@H]3C=C[C@@H]2C3)n1. The molecule has 1 fully saturated rings. The van der Waals surface area contributed by atoms with E-state index >= 15 is 0 Å². The van der Waals surface area contributed by atoms with E-state index in [4.69, 9.17) is 0 Å². The van der Waals surface area contributed by atoms with Crippen molar-refractivity contribution < 1.29 is 14.7 Å². The summed E-state index contributed by atoms with van der Waals surface area (Å²) in [6.45, 7) is 0. The number of carbonyl (C=O) groups is 2. The highest BCUT2D eigenvalue weighted by Crippen LogP contribution is 2.48. The zero-order valence-electron chi connectivity index (χ0n) is 10.5. The fourth-order valence-electron chi connectivity index (χ4n) is 3.21. The van der Waals surface area contributed by atoms with Crippen LogP contribution in [0.25, 0.3) is 0 Å². The molecule has 0 saturated heterocycles. The van der Waals surface area contributed by atoms with Crippen molar-refractivity contribution in [3.8, 4) is 0 Å². The van der Waals surface area contributed by atoms with Crippen molar-refractivity contribution in [1.82, 2.24) is 9.78 Å². The highest BCUT2D eigenvalue weighted by molar-refractivity contribution is 5.95. The second kappa shape index (κ2) is 4.22. The van der Waals surface area contributed by atoms with Gasteiger partial charge in [0.25, 0.3) is 0 Å². The van der Waals surface area contributed by atoms with E-state index in [0.717, 1.165) is 6.42 Å². The van der Waals surface area contributed by atoms with E-state index in [1.807, 2.05) is 12.2 Å². The van der Waals surface area contributed by atoms with Crippen molar-refractivity contribution in [2.24, 2.45) is 30.7 Å². The third-order valence-electron chi connectivity index (χ3n) is 4.01. The smallest absolute Gasteiger partial charge is 0.307 e. The van der Waals surface area contributed by atoms with Gasteiger partial charge in [0.1, 0.15) is 0 Å². The predicted octanol–water partition coefficient (Wildman–Crippen LogP) is 0.881. The summed E-state index contributed by atoms with van der Waals surface area (Å²) >= 11 is 0.